The molecule has 1 heterocycles. The van der Waals surface area contributed by atoms with Crippen molar-refractivity contribution < 1.29 is 8.42 Å². The minimum atomic E-state index is -3.32. The van der Waals surface area contributed by atoms with E-state index in [9.17, 15) is 8.42 Å². The van der Waals surface area contributed by atoms with E-state index >= 15 is 0 Å². The molecule has 0 unspecified atom stereocenters. The number of hydrogen-bond acceptors (Lipinski definition) is 2. The Morgan fingerprint density at radius 2 is 1.95 bits per heavy atom. The molecule has 1 aliphatic carbocycles. The van der Waals surface area contributed by atoms with Crippen molar-refractivity contribution in [3.05, 3.63) is 42.5 Å². The van der Waals surface area contributed by atoms with Crippen LogP contribution < -0.4 is 0 Å². The Balaban J connectivity index is 1.87. The SMILES string of the molecule is C=C[C@H]1C[C@H]2C[C@@H]1CN2S(=O)(=O)c1ccc(C)cc1. The van der Waals surface area contributed by atoms with Crippen LogP contribution >= 0.6 is 0 Å². The molecule has 3 rings (SSSR count). The Morgan fingerprint density at radius 3 is 2.47 bits per heavy atom. The van der Waals surface area contributed by atoms with Gasteiger partial charge >= 0.3 is 0 Å². The molecule has 1 aromatic rings. The fraction of sp³-hybridized carbons (Fsp3) is 0.467. The lowest BCUT2D eigenvalue weighted by Crippen LogP contribution is -2.39. The van der Waals surface area contributed by atoms with E-state index in [2.05, 4.69) is 6.58 Å². The van der Waals surface area contributed by atoms with Gasteiger partial charge in [0, 0.05) is 12.6 Å². The Bertz CT molecular complexity index is 591. The van der Waals surface area contributed by atoms with Crippen molar-refractivity contribution in [1.29, 1.82) is 0 Å². The molecule has 1 saturated carbocycles. The molecule has 1 aliphatic heterocycles. The van der Waals surface area contributed by atoms with E-state index in [0.717, 1.165) is 18.4 Å². The van der Waals surface area contributed by atoms with Gasteiger partial charge in [0.1, 0.15) is 0 Å². The molecule has 0 spiro atoms. The van der Waals surface area contributed by atoms with Crippen molar-refractivity contribution in [3.63, 3.8) is 0 Å². The first-order chi connectivity index (χ1) is 9.02. The number of aryl methyl sites for hydroxylation is 1. The lowest BCUT2D eigenvalue weighted by atomic mass is 9.96. The van der Waals surface area contributed by atoms with Crippen LogP contribution in [0, 0.1) is 18.8 Å². The van der Waals surface area contributed by atoms with Crippen molar-refractivity contribution in [2.75, 3.05) is 6.54 Å². The van der Waals surface area contributed by atoms with Gasteiger partial charge in [-0.25, -0.2) is 8.42 Å². The molecule has 1 saturated heterocycles. The third-order valence-corrected chi connectivity index (χ3v) is 6.41. The Hall–Kier alpha value is -1.13. The zero-order chi connectivity index (χ0) is 13.6. The van der Waals surface area contributed by atoms with Gasteiger partial charge in [-0.05, 0) is 43.7 Å². The molecule has 102 valence electrons. The highest BCUT2D eigenvalue weighted by atomic mass is 32.2. The number of piperidine rings is 1. The van der Waals surface area contributed by atoms with Crippen LogP contribution in [0.15, 0.2) is 41.8 Å². The molecule has 0 radical (unpaired) electrons. The minimum Gasteiger partial charge on any atom is -0.207 e. The fourth-order valence-corrected chi connectivity index (χ4v) is 5.08. The fourth-order valence-electron chi connectivity index (χ4n) is 3.38. The highest BCUT2D eigenvalue weighted by Gasteiger charge is 2.48. The largest absolute Gasteiger partial charge is 0.243 e. The second kappa shape index (κ2) is 4.46. The average molecular weight is 277 g/mol. The van der Waals surface area contributed by atoms with E-state index in [1.165, 1.54) is 0 Å². The van der Waals surface area contributed by atoms with Gasteiger partial charge in [0.2, 0.25) is 10.0 Å². The summed E-state index contributed by atoms with van der Waals surface area (Å²) in [7, 11) is -3.32. The van der Waals surface area contributed by atoms with Gasteiger partial charge in [-0.3, -0.25) is 0 Å². The molecule has 19 heavy (non-hydrogen) atoms. The maximum atomic E-state index is 12.6. The van der Waals surface area contributed by atoms with E-state index < -0.39 is 10.0 Å². The van der Waals surface area contributed by atoms with E-state index in [4.69, 9.17) is 0 Å². The van der Waals surface area contributed by atoms with Crippen molar-refractivity contribution in [1.82, 2.24) is 4.31 Å². The van der Waals surface area contributed by atoms with E-state index in [-0.39, 0.29) is 6.04 Å². The van der Waals surface area contributed by atoms with Crippen LogP contribution in [0.4, 0.5) is 0 Å². The van der Waals surface area contributed by atoms with Crippen molar-refractivity contribution in [2.45, 2.75) is 30.7 Å². The Labute approximate surface area is 115 Å². The number of hydrogen-bond donors (Lipinski definition) is 0. The quantitative estimate of drug-likeness (QED) is 0.796. The van der Waals surface area contributed by atoms with Gasteiger partial charge in [-0.15, -0.1) is 6.58 Å². The van der Waals surface area contributed by atoms with Gasteiger partial charge in [-0.1, -0.05) is 23.8 Å². The number of allylic oxidation sites excluding steroid dienone is 1. The summed E-state index contributed by atoms with van der Waals surface area (Å²) >= 11 is 0. The third kappa shape index (κ3) is 2.03. The molecule has 3 atom stereocenters. The van der Waals surface area contributed by atoms with Crippen LogP contribution in [-0.2, 0) is 10.0 Å². The molecule has 2 fully saturated rings. The molecule has 1 aromatic carbocycles. The summed E-state index contributed by atoms with van der Waals surface area (Å²) in [4.78, 5) is 0.417. The first-order valence-electron chi connectivity index (χ1n) is 6.73. The van der Waals surface area contributed by atoms with Crippen LogP contribution in [0.5, 0.6) is 0 Å². The van der Waals surface area contributed by atoms with Crippen LogP contribution in [0.25, 0.3) is 0 Å². The zero-order valence-corrected chi connectivity index (χ0v) is 11.9. The Morgan fingerprint density at radius 1 is 1.26 bits per heavy atom. The monoisotopic (exact) mass is 277 g/mol. The van der Waals surface area contributed by atoms with Crippen molar-refractivity contribution in [2.24, 2.45) is 11.8 Å². The maximum absolute atomic E-state index is 12.6. The lowest BCUT2D eigenvalue weighted by Gasteiger charge is -2.29. The van der Waals surface area contributed by atoms with E-state index in [1.807, 2.05) is 25.1 Å². The predicted octanol–water partition coefficient (Wildman–Crippen LogP) is 2.58. The second-order valence-electron chi connectivity index (χ2n) is 5.67. The van der Waals surface area contributed by atoms with E-state index in [1.54, 1.807) is 16.4 Å². The number of rotatable bonds is 3. The molecule has 0 amide bonds. The molecule has 3 nitrogen and oxygen atoms in total. The summed E-state index contributed by atoms with van der Waals surface area (Å²) in [6, 6.07) is 7.30. The normalized spacial score (nSPS) is 30.7. The molecule has 0 N–H and O–H groups in total. The smallest absolute Gasteiger partial charge is 0.207 e. The number of nitrogens with zero attached hydrogens (tertiary/aromatic N) is 1. The first-order valence-corrected chi connectivity index (χ1v) is 8.17. The molecular weight excluding hydrogens is 258 g/mol. The number of sulfonamides is 1. The molecule has 2 aliphatic rings. The number of fused-ring (bicyclic) bond motifs is 2. The van der Waals surface area contributed by atoms with E-state index in [0.29, 0.717) is 23.3 Å². The molecule has 0 aromatic heterocycles. The summed E-state index contributed by atoms with van der Waals surface area (Å²) < 4.78 is 27.0. The average Bonchev–Trinajstić information content (AvgIpc) is 2.98. The van der Waals surface area contributed by atoms with Gasteiger partial charge < -0.3 is 0 Å². The van der Waals surface area contributed by atoms with Crippen LogP contribution in [0.1, 0.15) is 18.4 Å². The van der Waals surface area contributed by atoms with Crippen molar-refractivity contribution in [3.8, 4) is 0 Å². The highest BCUT2D eigenvalue weighted by Crippen LogP contribution is 2.44. The van der Waals surface area contributed by atoms with Crippen molar-refractivity contribution >= 4 is 10.0 Å². The lowest BCUT2D eigenvalue weighted by molar-refractivity contribution is 0.295. The van der Waals surface area contributed by atoms with Crippen LogP contribution in [0.2, 0.25) is 0 Å². The topological polar surface area (TPSA) is 37.4 Å². The first kappa shape index (κ1) is 12.9. The minimum absolute atomic E-state index is 0.166. The van der Waals surface area contributed by atoms with Crippen LogP contribution in [0.3, 0.4) is 0 Å². The summed E-state index contributed by atoms with van der Waals surface area (Å²) in [6.07, 6.45) is 3.90. The summed E-state index contributed by atoms with van der Waals surface area (Å²) in [5.41, 5.74) is 1.08. The second-order valence-corrected chi connectivity index (χ2v) is 7.56. The van der Waals surface area contributed by atoms with Gasteiger partial charge in [0.15, 0.2) is 0 Å². The maximum Gasteiger partial charge on any atom is 0.243 e. The van der Waals surface area contributed by atoms with Gasteiger partial charge in [-0.2, -0.15) is 4.31 Å². The highest BCUT2D eigenvalue weighted by molar-refractivity contribution is 7.89. The van der Waals surface area contributed by atoms with Gasteiger partial charge in [0.25, 0.3) is 0 Å². The molecular formula is C15H19NO2S. The molecule has 4 heteroatoms. The summed E-state index contributed by atoms with van der Waals surface area (Å²) in [5, 5.41) is 0. The Kier molecular flexibility index (Phi) is 3.02. The van der Waals surface area contributed by atoms with Crippen LogP contribution in [-0.4, -0.2) is 25.3 Å². The predicted molar refractivity (Wildman–Crippen MR) is 75.3 cm³/mol. The number of benzene rings is 1. The van der Waals surface area contributed by atoms with Gasteiger partial charge in [0.05, 0.1) is 4.90 Å². The third-order valence-electron chi connectivity index (χ3n) is 4.48. The zero-order valence-electron chi connectivity index (χ0n) is 11.1. The summed E-state index contributed by atoms with van der Waals surface area (Å²) in [6.45, 7) is 6.46. The summed E-state index contributed by atoms with van der Waals surface area (Å²) in [5.74, 6) is 0.956. The molecule has 2 bridgehead atoms. The standard InChI is InChI=1S/C15H19NO2S/c1-3-12-8-14-9-13(12)10-16(14)19(17,18)15-6-4-11(2)5-7-15/h3-7,12-14H,1,8-10H2,2H3/t12-,13+,14-/m0/s1.